The number of benzene rings is 4. The summed E-state index contributed by atoms with van der Waals surface area (Å²) in [7, 11) is 0. The summed E-state index contributed by atoms with van der Waals surface area (Å²) in [5.41, 5.74) is -4.08. The minimum absolute atomic E-state index is 0.0155. The molecule has 4 aromatic carbocycles. The molecule has 2 saturated carbocycles. The lowest BCUT2D eigenvalue weighted by atomic mass is 9.48. The Kier molecular flexibility index (Phi) is 12.8. The summed E-state index contributed by atoms with van der Waals surface area (Å²) in [6.45, 7) is 6.86. The first-order valence-electron chi connectivity index (χ1n) is 23.2. The fourth-order valence-electron chi connectivity index (χ4n) is 11.3. The van der Waals surface area contributed by atoms with Gasteiger partial charge in [0.05, 0.1) is 36.7 Å². The molecule has 1 N–H and O–H groups in total. The van der Waals surface area contributed by atoms with Crippen molar-refractivity contribution < 1.29 is 71.8 Å². The lowest BCUT2D eigenvalue weighted by Gasteiger charge is -2.65. The Morgan fingerprint density at radius 1 is 0.771 bits per heavy atom. The van der Waals surface area contributed by atoms with Crippen molar-refractivity contribution in [2.45, 2.75) is 108 Å². The van der Waals surface area contributed by atoms with Crippen LogP contribution in [0.4, 0.5) is 4.79 Å². The standard InChI is InChI=1S/C54H53NO15/c1-30-38(67-50(61)46-43(34-20-12-7-13-21-34)55(51(62)68-46)48(59)35-22-14-8-15-23-35)27-54(63)47(69-49(60)36-24-16-9-17-25-36)42-40(44(58)45(66-31(2)56)41(30)52(54,4)5)37(64-28-33-18-10-6-11-19-33)26-39-53(42,29-65-39)70-32(3)57/h6-25,37-40,42-43,45-47,63H,26-29H2,1-5H3/t37-,38-,39+,40+,42+,43-,45+,46+,47-,53-,54+/m0/s1. The third-order valence-corrected chi connectivity index (χ3v) is 14.7. The smallest absolute Gasteiger partial charge is 0.418 e. The molecule has 0 unspecified atom stereocenters. The van der Waals surface area contributed by atoms with E-state index in [1.165, 1.54) is 31.2 Å². The van der Waals surface area contributed by atoms with Gasteiger partial charge in [0.15, 0.2) is 17.5 Å². The number of cyclic esters (lactones) is 1. The summed E-state index contributed by atoms with van der Waals surface area (Å²) in [6, 6.07) is 32.2. The van der Waals surface area contributed by atoms with Crippen molar-refractivity contribution in [1.82, 2.24) is 4.90 Å². The lowest BCUT2D eigenvalue weighted by Crippen LogP contribution is -2.79. The molecule has 11 atom stereocenters. The number of carbonyl (C=O) groups is 7. The summed E-state index contributed by atoms with van der Waals surface area (Å²) >= 11 is 0. The number of fused-ring (bicyclic) bond motifs is 5. The fourth-order valence-corrected chi connectivity index (χ4v) is 11.3. The van der Waals surface area contributed by atoms with Crippen LogP contribution in [0.3, 0.4) is 0 Å². The number of nitrogens with zero attached hydrogens (tertiary/aromatic N) is 1. The maximum absolute atomic E-state index is 15.9. The van der Waals surface area contributed by atoms with E-state index in [-0.39, 0.29) is 41.9 Å². The van der Waals surface area contributed by atoms with Crippen LogP contribution >= 0.6 is 0 Å². The van der Waals surface area contributed by atoms with Gasteiger partial charge in [0, 0.05) is 37.7 Å². The minimum Gasteiger partial charge on any atom is -0.455 e. The summed E-state index contributed by atoms with van der Waals surface area (Å²) in [6.07, 6.45) is -10.3. The van der Waals surface area contributed by atoms with E-state index in [1.54, 1.807) is 87.5 Å². The van der Waals surface area contributed by atoms with E-state index in [9.17, 15) is 33.9 Å². The van der Waals surface area contributed by atoms with Gasteiger partial charge in [-0.15, -0.1) is 0 Å². The van der Waals surface area contributed by atoms with Gasteiger partial charge in [-0.2, -0.15) is 0 Å². The van der Waals surface area contributed by atoms with Crippen LogP contribution in [0.15, 0.2) is 132 Å². The monoisotopic (exact) mass is 955 g/mol. The number of aliphatic hydroxyl groups is 1. The van der Waals surface area contributed by atoms with Crippen molar-refractivity contribution in [3.63, 3.8) is 0 Å². The van der Waals surface area contributed by atoms with Crippen molar-refractivity contribution in [3.8, 4) is 0 Å². The molecule has 9 rings (SSSR count). The summed E-state index contributed by atoms with van der Waals surface area (Å²) < 4.78 is 43.6. The Morgan fingerprint density at radius 2 is 1.37 bits per heavy atom. The van der Waals surface area contributed by atoms with Gasteiger partial charge in [-0.1, -0.05) is 111 Å². The molecule has 2 heterocycles. The quantitative estimate of drug-likeness (QED) is 0.0975. The molecule has 16 nitrogen and oxygen atoms in total. The van der Waals surface area contributed by atoms with Gasteiger partial charge in [-0.25, -0.2) is 19.3 Å². The van der Waals surface area contributed by atoms with Crippen LogP contribution in [0.25, 0.3) is 0 Å². The van der Waals surface area contributed by atoms with Crippen molar-refractivity contribution in [1.29, 1.82) is 0 Å². The molecule has 4 aromatic rings. The molecule has 0 radical (unpaired) electrons. The summed E-state index contributed by atoms with van der Waals surface area (Å²) in [5.74, 6) is -7.87. The Balaban J connectivity index is 1.20. The Morgan fingerprint density at radius 3 is 1.96 bits per heavy atom. The molecule has 4 fully saturated rings. The third-order valence-electron chi connectivity index (χ3n) is 14.7. The van der Waals surface area contributed by atoms with Gasteiger partial charge in [0.2, 0.25) is 6.10 Å². The molecule has 5 aliphatic rings. The van der Waals surface area contributed by atoms with Crippen molar-refractivity contribution in [3.05, 3.63) is 155 Å². The van der Waals surface area contributed by atoms with Gasteiger partial charge >= 0.3 is 30.0 Å². The van der Waals surface area contributed by atoms with E-state index in [0.717, 1.165) is 17.4 Å². The van der Waals surface area contributed by atoms with Gasteiger partial charge < -0.3 is 38.3 Å². The number of imide groups is 1. The molecular weight excluding hydrogens is 903 g/mol. The molecule has 3 aliphatic carbocycles. The highest BCUT2D eigenvalue weighted by Gasteiger charge is 2.75. The number of ether oxygens (including phenoxy) is 7. The second kappa shape index (κ2) is 18.7. The predicted octanol–water partition coefficient (Wildman–Crippen LogP) is 6.44. The van der Waals surface area contributed by atoms with Crippen molar-refractivity contribution in [2.75, 3.05) is 6.61 Å². The Labute approximate surface area is 403 Å². The predicted molar refractivity (Wildman–Crippen MR) is 245 cm³/mol. The molecule has 2 bridgehead atoms. The number of ketones is 1. The number of rotatable bonds is 11. The van der Waals surface area contributed by atoms with E-state index in [1.807, 2.05) is 30.3 Å². The molecule has 0 aromatic heterocycles. The van der Waals surface area contributed by atoms with Crippen molar-refractivity contribution >= 4 is 41.7 Å². The molecular formula is C54H53NO15. The Bertz CT molecular complexity index is 2730. The van der Waals surface area contributed by atoms with Crippen LogP contribution in [0, 0.1) is 17.3 Å². The second-order valence-electron chi connectivity index (χ2n) is 19.0. The first kappa shape index (κ1) is 48.0. The SMILES string of the molecule is CC(=O)O[C@H]1C(=O)[C@H]2[C@H]([C@H](OC(=O)c3ccccc3)[C@]3(O)C[C@H](OC(=O)[C@@H]4OC(=O)N(C(=O)c5ccccc5)[C@H]4c4ccccc4)C(C)=C1C3(C)C)[C@]1(OC(C)=O)CO[C@@H]1C[C@@H]2OCc1ccccc1. The Hall–Kier alpha value is -7.01. The first-order valence-corrected chi connectivity index (χ1v) is 23.2. The highest BCUT2D eigenvalue weighted by atomic mass is 16.6. The van der Waals surface area contributed by atoms with E-state index < -0.39 is 119 Å². The van der Waals surface area contributed by atoms with E-state index in [4.69, 9.17) is 33.2 Å². The molecule has 364 valence electrons. The zero-order valence-corrected chi connectivity index (χ0v) is 39.2. The largest absolute Gasteiger partial charge is 0.455 e. The highest BCUT2D eigenvalue weighted by molar-refractivity contribution is 6.05. The zero-order valence-electron chi connectivity index (χ0n) is 39.2. The average molecular weight is 956 g/mol. The van der Waals surface area contributed by atoms with E-state index in [0.29, 0.717) is 5.56 Å². The molecule has 2 amide bonds. The molecule has 2 aliphatic heterocycles. The van der Waals surface area contributed by atoms with Crippen LogP contribution in [0.5, 0.6) is 0 Å². The lowest BCUT2D eigenvalue weighted by molar-refractivity contribution is -0.335. The van der Waals surface area contributed by atoms with Crippen molar-refractivity contribution in [2.24, 2.45) is 17.3 Å². The van der Waals surface area contributed by atoms with Crippen LogP contribution in [-0.2, 0) is 58.9 Å². The molecule has 16 heteroatoms. The summed E-state index contributed by atoms with van der Waals surface area (Å²) in [4.78, 5) is 101. The normalized spacial score (nSPS) is 30.8. The fraction of sp³-hybridized carbons (Fsp3) is 0.389. The first-order chi connectivity index (χ1) is 33.5. The maximum Gasteiger partial charge on any atom is 0.418 e. The third kappa shape index (κ3) is 8.26. The topological polar surface area (TPSA) is 208 Å². The van der Waals surface area contributed by atoms with Crippen LogP contribution < -0.4 is 0 Å². The maximum atomic E-state index is 15.9. The van der Waals surface area contributed by atoms with Gasteiger partial charge in [-0.3, -0.25) is 19.2 Å². The van der Waals surface area contributed by atoms with Gasteiger partial charge in [-0.05, 0) is 53.5 Å². The van der Waals surface area contributed by atoms with E-state index in [2.05, 4.69) is 0 Å². The number of hydrogen-bond acceptors (Lipinski definition) is 15. The molecule has 0 spiro atoms. The number of hydrogen-bond donors (Lipinski definition) is 1. The zero-order chi connectivity index (χ0) is 49.7. The number of amides is 2. The van der Waals surface area contributed by atoms with Crippen LogP contribution in [0.2, 0.25) is 0 Å². The average Bonchev–Trinajstić information content (AvgIpc) is 3.70. The highest BCUT2D eigenvalue weighted by Crippen LogP contribution is 2.61. The minimum atomic E-state index is -2.37. The van der Waals surface area contributed by atoms with E-state index >= 15 is 4.79 Å². The molecule has 70 heavy (non-hydrogen) atoms. The van der Waals surface area contributed by atoms with Crippen LogP contribution in [-0.4, -0.2) is 106 Å². The second-order valence-corrected chi connectivity index (χ2v) is 19.0. The molecule has 2 saturated heterocycles. The van der Waals surface area contributed by atoms with Crippen LogP contribution in [0.1, 0.15) is 85.3 Å². The number of carbonyl (C=O) groups excluding carboxylic acids is 7. The number of Topliss-reactive ketones (excluding diaryl/α,β-unsaturated/α-hetero) is 1. The van der Waals surface area contributed by atoms with Gasteiger partial charge in [0.25, 0.3) is 5.91 Å². The summed E-state index contributed by atoms with van der Waals surface area (Å²) in [5, 5.41) is 14.0. The van der Waals surface area contributed by atoms with Gasteiger partial charge in [0.1, 0.15) is 30.0 Å². The number of esters is 4.